The molecule has 0 spiro atoms. The Balaban J connectivity index is 1.61. The Morgan fingerprint density at radius 1 is 1.09 bits per heavy atom. The lowest BCUT2D eigenvalue weighted by Gasteiger charge is -2.29. The van der Waals surface area contributed by atoms with Gasteiger partial charge in [0.25, 0.3) is 0 Å². The molecule has 0 radical (unpaired) electrons. The van der Waals surface area contributed by atoms with Crippen LogP contribution in [0.2, 0.25) is 0 Å². The molecule has 3 rings (SSSR count). The number of hydrogen-bond donors (Lipinski definition) is 1. The van der Waals surface area contributed by atoms with Crippen molar-refractivity contribution in [2.45, 2.75) is 18.6 Å². The second kappa shape index (κ2) is 6.89. The van der Waals surface area contributed by atoms with E-state index >= 15 is 0 Å². The highest BCUT2D eigenvalue weighted by molar-refractivity contribution is 5.29. The highest BCUT2D eigenvalue weighted by atomic mass is 16.5. The van der Waals surface area contributed by atoms with Crippen molar-refractivity contribution in [2.24, 2.45) is 0 Å². The van der Waals surface area contributed by atoms with E-state index < -0.39 is 5.72 Å². The second-order valence-corrected chi connectivity index (χ2v) is 5.34. The molecule has 4 nitrogen and oxygen atoms in total. The van der Waals surface area contributed by atoms with Gasteiger partial charge in [0.15, 0.2) is 0 Å². The molecule has 0 amide bonds. The summed E-state index contributed by atoms with van der Waals surface area (Å²) in [5.41, 5.74) is 1.49. The number of hydrogen-bond acceptors (Lipinski definition) is 4. The van der Waals surface area contributed by atoms with Crippen molar-refractivity contribution < 1.29 is 9.47 Å². The molecule has 0 fully saturated rings. The van der Waals surface area contributed by atoms with E-state index in [2.05, 4.69) is 11.4 Å². The van der Waals surface area contributed by atoms with Gasteiger partial charge in [0.1, 0.15) is 12.0 Å². The van der Waals surface area contributed by atoms with Crippen LogP contribution in [0, 0.1) is 11.3 Å². The van der Waals surface area contributed by atoms with Crippen LogP contribution in [0.5, 0.6) is 5.75 Å². The van der Waals surface area contributed by atoms with Crippen molar-refractivity contribution in [3.8, 4) is 11.8 Å². The number of nitrogens with zero attached hydrogens (tertiary/aromatic N) is 1. The van der Waals surface area contributed by atoms with E-state index in [9.17, 15) is 0 Å². The van der Waals surface area contributed by atoms with Crippen molar-refractivity contribution in [3.05, 3.63) is 78.2 Å². The monoisotopic (exact) mass is 306 g/mol. The average molecular weight is 306 g/mol. The van der Waals surface area contributed by atoms with Crippen molar-refractivity contribution in [1.29, 1.82) is 5.26 Å². The molecule has 0 saturated carbocycles. The minimum absolute atomic E-state index is 0.417. The summed E-state index contributed by atoms with van der Waals surface area (Å²) < 4.78 is 11.6. The molecule has 2 aromatic rings. The Morgan fingerprint density at radius 3 is 2.52 bits per heavy atom. The maximum atomic E-state index is 8.68. The first kappa shape index (κ1) is 15.0. The number of nitriles is 1. The van der Waals surface area contributed by atoms with Crippen LogP contribution in [0.3, 0.4) is 0 Å². The van der Waals surface area contributed by atoms with E-state index in [0.29, 0.717) is 19.4 Å². The first-order valence-corrected chi connectivity index (χ1v) is 7.57. The standard InChI is InChI=1S/C19H18N2O2/c20-12-10-16-6-8-18(9-7-16)22-14-11-19(21-13-15-23-19)17-4-2-1-3-5-17/h1-9,13,15,21H,10-11,14H2. The van der Waals surface area contributed by atoms with E-state index in [1.165, 1.54) is 0 Å². The molecule has 23 heavy (non-hydrogen) atoms. The third-order valence-corrected chi connectivity index (χ3v) is 3.82. The van der Waals surface area contributed by atoms with Crippen LogP contribution >= 0.6 is 0 Å². The average Bonchev–Trinajstić information content (AvgIpc) is 3.08. The zero-order chi connectivity index (χ0) is 16.0. The fourth-order valence-electron chi connectivity index (χ4n) is 2.59. The Bertz CT molecular complexity index is 694. The van der Waals surface area contributed by atoms with Crippen molar-refractivity contribution in [2.75, 3.05) is 6.61 Å². The quantitative estimate of drug-likeness (QED) is 0.888. The molecule has 0 saturated heterocycles. The first-order valence-electron chi connectivity index (χ1n) is 7.57. The molecule has 2 aromatic carbocycles. The fourth-order valence-corrected chi connectivity index (χ4v) is 2.59. The number of ether oxygens (including phenoxy) is 2. The van der Waals surface area contributed by atoms with Gasteiger partial charge in [0.2, 0.25) is 5.72 Å². The summed E-state index contributed by atoms with van der Waals surface area (Å²) in [6.07, 6.45) is 4.57. The lowest BCUT2D eigenvalue weighted by molar-refractivity contribution is 0.000472. The van der Waals surface area contributed by atoms with Gasteiger partial charge in [-0.05, 0) is 17.7 Å². The zero-order valence-electron chi connectivity index (χ0n) is 12.7. The summed E-state index contributed by atoms with van der Waals surface area (Å²) in [7, 11) is 0. The molecule has 1 N–H and O–H groups in total. The Kier molecular flexibility index (Phi) is 4.49. The smallest absolute Gasteiger partial charge is 0.209 e. The summed E-state index contributed by atoms with van der Waals surface area (Å²) >= 11 is 0. The molecule has 1 atom stereocenters. The van der Waals surface area contributed by atoms with E-state index in [1.807, 2.05) is 60.8 Å². The molecule has 1 heterocycles. The van der Waals surface area contributed by atoms with Gasteiger partial charge in [-0.2, -0.15) is 5.26 Å². The topological polar surface area (TPSA) is 54.3 Å². The van der Waals surface area contributed by atoms with Crippen LogP contribution in [0.15, 0.2) is 67.1 Å². The van der Waals surface area contributed by atoms with Crippen LogP contribution in [0.25, 0.3) is 0 Å². The third-order valence-electron chi connectivity index (χ3n) is 3.82. The van der Waals surface area contributed by atoms with Gasteiger partial charge in [0.05, 0.1) is 19.1 Å². The molecule has 0 aliphatic carbocycles. The molecule has 116 valence electrons. The van der Waals surface area contributed by atoms with Crippen LogP contribution in [-0.4, -0.2) is 6.61 Å². The molecular formula is C19H18N2O2. The maximum Gasteiger partial charge on any atom is 0.209 e. The summed E-state index contributed by atoms with van der Waals surface area (Å²) in [5, 5.41) is 12.0. The van der Waals surface area contributed by atoms with Gasteiger partial charge in [-0.1, -0.05) is 42.5 Å². The Hall–Kier alpha value is -2.93. The number of benzene rings is 2. The fraction of sp³-hybridized carbons (Fsp3) is 0.211. The lowest BCUT2D eigenvalue weighted by Crippen LogP contribution is -2.38. The van der Waals surface area contributed by atoms with Crippen molar-refractivity contribution >= 4 is 0 Å². The van der Waals surface area contributed by atoms with Crippen LogP contribution < -0.4 is 10.1 Å². The minimum Gasteiger partial charge on any atom is -0.493 e. The molecule has 1 aliphatic rings. The van der Waals surface area contributed by atoms with Gasteiger partial charge < -0.3 is 14.8 Å². The Labute approximate surface area is 136 Å². The van der Waals surface area contributed by atoms with Crippen LogP contribution in [0.1, 0.15) is 17.5 Å². The summed E-state index contributed by atoms with van der Waals surface area (Å²) in [6.45, 7) is 0.515. The normalized spacial score (nSPS) is 18.7. The Morgan fingerprint density at radius 2 is 1.87 bits per heavy atom. The molecule has 1 aliphatic heterocycles. The zero-order valence-corrected chi connectivity index (χ0v) is 12.7. The van der Waals surface area contributed by atoms with E-state index in [-0.39, 0.29) is 0 Å². The van der Waals surface area contributed by atoms with E-state index in [4.69, 9.17) is 14.7 Å². The molecular weight excluding hydrogens is 288 g/mol. The largest absolute Gasteiger partial charge is 0.493 e. The third kappa shape index (κ3) is 3.46. The van der Waals surface area contributed by atoms with E-state index in [0.717, 1.165) is 16.9 Å². The van der Waals surface area contributed by atoms with Crippen molar-refractivity contribution in [3.63, 3.8) is 0 Å². The predicted molar refractivity (Wildman–Crippen MR) is 87.4 cm³/mol. The maximum absolute atomic E-state index is 8.68. The van der Waals surface area contributed by atoms with Gasteiger partial charge in [-0.25, -0.2) is 0 Å². The molecule has 0 bridgehead atoms. The SMILES string of the molecule is N#CCc1ccc(OCCC2(c3ccccc3)NC=CO2)cc1. The van der Waals surface area contributed by atoms with Crippen molar-refractivity contribution in [1.82, 2.24) is 5.32 Å². The predicted octanol–water partition coefficient (Wildman–Crippen LogP) is 3.47. The number of rotatable bonds is 6. The number of nitrogens with one attached hydrogen (secondary N) is 1. The van der Waals surface area contributed by atoms with Crippen LogP contribution in [-0.2, 0) is 16.9 Å². The van der Waals surface area contributed by atoms with Gasteiger partial charge >= 0.3 is 0 Å². The van der Waals surface area contributed by atoms with Gasteiger partial charge in [-0.3, -0.25) is 0 Å². The highest BCUT2D eigenvalue weighted by Crippen LogP contribution is 2.30. The second-order valence-electron chi connectivity index (χ2n) is 5.34. The van der Waals surface area contributed by atoms with Crippen LogP contribution in [0.4, 0.5) is 0 Å². The van der Waals surface area contributed by atoms with Gasteiger partial charge in [-0.15, -0.1) is 0 Å². The first-order chi connectivity index (χ1) is 11.3. The summed E-state index contributed by atoms with van der Waals surface area (Å²) in [5.74, 6) is 0.792. The van der Waals surface area contributed by atoms with E-state index in [1.54, 1.807) is 6.26 Å². The molecule has 4 heteroatoms. The lowest BCUT2D eigenvalue weighted by atomic mass is 10.00. The minimum atomic E-state index is -0.567. The van der Waals surface area contributed by atoms with Gasteiger partial charge in [0, 0.05) is 18.2 Å². The summed E-state index contributed by atoms with van der Waals surface area (Å²) in [4.78, 5) is 0. The highest BCUT2D eigenvalue weighted by Gasteiger charge is 2.34. The molecule has 1 unspecified atom stereocenters. The summed E-state index contributed by atoms with van der Waals surface area (Å²) in [6, 6.07) is 19.8. The molecule has 0 aromatic heterocycles.